The second-order valence-corrected chi connectivity index (χ2v) is 4.98. The summed E-state index contributed by atoms with van der Waals surface area (Å²) in [6, 6.07) is 0.620. The van der Waals surface area contributed by atoms with Crippen LogP contribution in [0.15, 0.2) is 6.33 Å². The molecular formula is C14H24N4. The van der Waals surface area contributed by atoms with Gasteiger partial charge < -0.3 is 10.6 Å². The van der Waals surface area contributed by atoms with E-state index in [2.05, 4.69) is 41.4 Å². The molecule has 2 atom stereocenters. The van der Waals surface area contributed by atoms with Crippen molar-refractivity contribution in [3.05, 3.63) is 11.9 Å². The number of rotatable bonds is 7. The van der Waals surface area contributed by atoms with Gasteiger partial charge in [0.1, 0.15) is 18.0 Å². The van der Waals surface area contributed by atoms with Crippen LogP contribution in [-0.4, -0.2) is 22.6 Å². The Morgan fingerprint density at radius 2 is 2.00 bits per heavy atom. The summed E-state index contributed by atoms with van der Waals surface area (Å²) < 4.78 is 0. The Bertz CT molecular complexity index is 391. The van der Waals surface area contributed by atoms with Gasteiger partial charge in [0.2, 0.25) is 0 Å². The minimum absolute atomic E-state index is 0.620. The third-order valence-corrected chi connectivity index (χ3v) is 3.56. The molecule has 1 aromatic heterocycles. The van der Waals surface area contributed by atoms with Crippen molar-refractivity contribution in [3.63, 3.8) is 0 Å². The van der Waals surface area contributed by atoms with Crippen LogP contribution < -0.4 is 10.6 Å². The Morgan fingerprint density at radius 1 is 1.22 bits per heavy atom. The van der Waals surface area contributed by atoms with Crippen molar-refractivity contribution in [2.45, 2.75) is 52.5 Å². The molecule has 2 N–H and O–H groups in total. The second kappa shape index (κ2) is 6.03. The van der Waals surface area contributed by atoms with E-state index in [0.29, 0.717) is 6.04 Å². The van der Waals surface area contributed by atoms with Crippen molar-refractivity contribution in [1.29, 1.82) is 0 Å². The number of nitrogens with one attached hydrogen (secondary N) is 2. The smallest absolute Gasteiger partial charge is 0.134 e. The van der Waals surface area contributed by atoms with E-state index in [1.165, 1.54) is 18.4 Å². The van der Waals surface area contributed by atoms with E-state index in [9.17, 15) is 0 Å². The van der Waals surface area contributed by atoms with Crippen LogP contribution >= 0.6 is 0 Å². The van der Waals surface area contributed by atoms with Crippen molar-refractivity contribution in [2.75, 3.05) is 17.2 Å². The standard InChI is InChI=1S/C14H24N4/c1-4-7-11-13(15-6-3)16-9-17-14(11)18-12-8-10(12)5-2/h9-10,12H,4-8H2,1-3H3,(H2,15,16,17,18). The molecule has 1 aliphatic carbocycles. The predicted octanol–water partition coefficient (Wildman–Crippen LogP) is 3.07. The van der Waals surface area contributed by atoms with Crippen molar-refractivity contribution >= 4 is 11.6 Å². The van der Waals surface area contributed by atoms with Gasteiger partial charge >= 0.3 is 0 Å². The maximum Gasteiger partial charge on any atom is 0.134 e. The lowest BCUT2D eigenvalue weighted by atomic mass is 10.1. The largest absolute Gasteiger partial charge is 0.370 e. The summed E-state index contributed by atoms with van der Waals surface area (Å²) in [6.45, 7) is 7.44. The van der Waals surface area contributed by atoms with E-state index in [1.807, 2.05) is 0 Å². The maximum absolute atomic E-state index is 4.43. The SMILES string of the molecule is CCCc1c(NCC)ncnc1NC1CC1CC. The molecule has 4 heteroatoms. The Balaban J connectivity index is 2.14. The number of aromatic nitrogens is 2. The molecule has 18 heavy (non-hydrogen) atoms. The molecule has 0 spiro atoms. The van der Waals surface area contributed by atoms with Crippen LogP contribution in [0, 0.1) is 5.92 Å². The van der Waals surface area contributed by atoms with Gasteiger partial charge in [0.05, 0.1) is 0 Å². The number of hydrogen-bond donors (Lipinski definition) is 2. The third-order valence-electron chi connectivity index (χ3n) is 3.56. The molecule has 0 aromatic carbocycles. The summed E-state index contributed by atoms with van der Waals surface area (Å²) in [5.74, 6) is 2.85. The van der Waals surface area contributed by atoms with E-state index in [0.717, 1.165) is 36.9 Å². The molecule has 1 fully saturated rings. The molecule has 2 unspecified atom stereocenters. The predicted molar refractivity (Wildman–Crippen MR) is 76.0 cm³/mol. The highest BCUT2D eigenvalue weighted by molar-refractivity contribution is 5.58. The van der Waals surface area contributed by atoms with Gasteiger partial charge in [0, 0.05) is 18.2 Å². The number of nitrogens with zero attached hydrogens (tertiary/aromatic N) is 2. The summed E-state index contributed by atoms with van der Waals surface area (Å²) in [4.78, 5) is 8.78. The van der Waals surface area contributed by atoms with Crippen molar-refractivity contribution < 1.29 is 0 Å². The minimum Gasteiger partial charge on any atom is -0.370 e. The average Bonchev–Trinajstić information content (AvgIpc) is 3.12. The van der Waals surface area contributed by atoms with Gasteiger partial charge in [-0.2, -0.15) is 0 Å². The molecule has 4 nitrogen and oxygen atoms in total. The van der Waals surface area contributed by atoms with Crippen LogP contribution in [0.25, 0.3) is 0 Å². The summed E-state index contributed by atoms with van der Waals surface area (Å²) in [6.07, 6.45) is 6.33. The van der Waals surface area contributed by atoms with Crippen LogP contribution in [-0.2, 0) is 6.42 Å². The lowest BCUT2D eigenvalue weighted by Crippen LogP contribution is -2.12. The highest BCUT2D eigenvalue weighted by Crippen LogP contribution is 2.37. The molecule has 1 aromatic rings. The first-order valence-corrected chi connectivity index (χ1v) is 7.14. The van der Waals surface area contributed by atoms with E-state index >= 15 is 0 Å². The third kappa shape index (κ3) is 2.92. The molecule has 0 aliphatic heterocycles. The summed E-state index contributed by atoms with van der Waals surface area (Å²) in [5, 5.41) is 6.91. The lowest BCUT2D eigenvalue weighted by molar-refractivity contribution is 0.771. The first-order valence-electron chi connectivity index (χ1n) is 7.14. The van der Waals surface area contributed by atoms with Gasteiger partial charge in [-0.1, -0.05) is 26.7 Å². The van der Waals surface area contributed by atoms with Crippen LogP contribution in [0.3, 0.4) is 0 Å². The summed E-state index contributed by atoms with van der Waals surface area (Å²) in [5.41, 5.74) is 1.24. The van der Waals surface area contributed by atoms with Crippen molar-refractivity contribution in [2.24, 2.45) is 5.92 Å². The Kier molecular flexibility index (Phi) is 4.39. The zero-order valence-electron chi connectivity index (χ0n) is 11.7. The zero-order valence-corrected chi connectivity index (χ0v) is 11.7. The van der Waals surface area contributed by atoms with E-state index in [1.54, 1.807) is 6.33 Å². The zero-order chi connectivity index (χ0) is 13.0. The van der Waals surface area contributed by atoms with E-state index < -0.39 is 0 Å². The Labute approximate surface area is 110 Å². The minimum atomic E-state index is 0.620. The first kappa shape index (κ1) is 13.1. The molecule has 1 saturated carbocycles. The van der Waals surface area contributed by atoms with Crippen LogP contribution in [0.4, 0.5) is 11.6 Å². The second-order valence-electron chi connectivity index (χ2n) is 4.98. The van der Waals surface area contributed by atoms with Gasteiger partial charge in [0.25, 0.3) is 0 Å². The van der Waals surface area contributed by atoms with Crippen molar-refractivity contribution in [1.82, 2.24) is 9.97 Å². The number of hydrogen-bond acceptors (Lipinski definition) is 4. The fourth-order valence-corrected chi connectivity index (χ4v) is 2.39. The normalized spacial score (nSPS) is 21.7. The number of anilines is 2. The van der Waals surface area contributed by atoms with Crippen LogP contribution in [0.1, 0.15) is 45.6 Å². The molecule has 1 heterocycles. The lowest BCUT2D eigenvalue weighted by Gasteiger charge is -2.14. The molecule has 0 amide bonds. The summed E-state index contributed by atoms with van der Waals surface area (Å²) >= 11 is 0. The molecule has 2 rings (SSSR count). The van der Waals surface area contributed by atoms with Crippen molar-refractivity contribution in [3.8, 4) is 0 Å². The van der Waals surface area contributed by atoms with E-state index in [4.69, 9.17) is 0 Å². The molecule has 0 bridgehead atoms. The van der Waals surface area contributed by atoms with Gasteiger partial charge in [-0.3, -0.25) is 0 Å². The maximum atomic E-state index is 4.43. The molecular weight excluding hydrogens is 224 g/mol. The van der Waals surface area contributed by atoms with Gasteiger partial charge in [-0.25, -0.2) is 9.97 Å². The van der Waals surface area contributed by atoms with Gasteiger partial charge in [-0.15, -0.1) is 0 Å². The highest BCUT2D eigenvalue weighted by atomic mass is 15.1. The highest BCUT2D eigenvalue weighted by Gasteiger charge is 2.35. The van der Waals surface area contributed by atoms with Gasteiger partial charge in [0.15, 0.2) is 0 Å². The summed E-state index contributed by atoms with van der Waals surface area (Å²) in [7, 11) is 0. The average molecular weight is 248 g/mol. The molecule has 0 saturated heterocycles. The Morgan fingerprint density at radius 3 is 2.61 bits per heavy atom. The van der Waals surface area contributed by atoms with Gasteiger partial charge in [-0.05, 0) is 25.7 Å². The Hall–Kier alpha value is -1.32. The molecule has 1 aliphatic rings. The molecule has 0 radical (unpaired) electrons. The molecule has 100 valence electrons. The topological polar surface area (TPSA) is 49.8 Å². The van der Waals surface area contributed by atoms with Crippen LogP contribution in [0.2, 0.25) is 0 Å². The van der Waals surface area contributed by atoms with Crippen LogP contribution in [0.5, 0.6) is 0 Å². The fourth-order valence-electron chi connectivity index (χ4n) is 2.39. The monoisotopic (exact) mass is 248 g/mol. The van der Waals surface area contributed by atoms with E-state index in [-0.39, 0.29) is 0 Å². The first-order chi connectivity index (χ1) is 8.80. The fraction of sp³-hybridized carbons (Fsp3) is 0.714. The quantitative estimate of drug-likeness (QED) is 0.778.